The van der Waals surface area contributed by atoms with E-state index in [2.05, 4.69) is 0 Å². The van der Waals surface area contributed by atoms with Crippen molar-refractivity contribution < 1.29 is 35.7 Å². The molecule has 0 aliphatic rings. The molecule has 0 aromatic carbocycles. The molecule has 14 heavy (non-hydrogen) atoms. The molecule has 0 atom stereocenters. The van der Waals surface area contributed by atoms with Crippen molar-refractivity contribution in [1.82, 2.24) is 18.5 Å². The van der Waals surface area contributed by atoms with E-state index in [9.17, 15) is 0 Å². The molecule has 0 heterocycles. The molecular weight excluding hydrogens is 258 g/mol. The first-order chi connectivity index (χ1) is 2.00. The molecule has 0 saturated carbocycles. The van der Waals surface area contributed by atoms with Crippen molar-refractivity contribution in [2.45, 2.75) is 0 Å². The van der Waals surface area contributed by atoms with Crippen molar-refractivity contribution in [1.29, 1.82) is 0 Å². The SMILES string of the molecule is O=P(O)(O)O.[Mg+2].[Mg+2].[Mg+2].[N+].[N+].[N+].[O-2].[O-2].[O-2]. The van der Waals surface area contributed by atoms with Gasteiger partial charge in [0.1, 0.15) is 0 Å². The fourth-order valence-corrected chi connectivity index (χ4v) is 0. The second kappa shape index (κ2) is 45.6. The summed E-state index contributed by atoms with van der Waals surface area (Å²) in [6.45, 7) is 0. The predicted molar refractivity (Wildman–Crippen MR) is 40.0 cm³/mol. The fourth-order valence-electron chi connectivity index (χ4n) is 0. The van der Waals surface area contributed by atoms with E-state index in [1.165, 1.54) is 0 Å². The molecule has 10 nitrogen and oxygen atoms in total. The van der Waals surface area contributed by atoms with Crippen LogP contribution in [0.3, 0.4) is 0 Å². The van der Waals surface area contributed by atoms with Crippen molar-refractivity contribution in [2.24, 2.45) is 0 Å². The topological polar surface area (TPSA) is 255 Å². The molecule has 0 rings (SSSR count). The monoisotopic (exact) mass is 260 g/mol. The summed E-state index contributed by atoms with van der Waals surface area (Å²) in [7, 11) is -4.64. The van der Waals surface area contributed by atoms with Gasteiger partial charge in [-0.3, -0.25) is 0 Å². The third-order valence-electron chi connectivity index (χ3n) is 0. The molecule has 0 aliphatic heterocycles. The van der Waals surface area contributed by atoms with Gasteiger partial charge in [-0.15, -0.1) is 0 Å². The van der Waals surface area contributed by atoms with E-state index in [1.54, 1.807) is 0 Å². The van der Waals surface area contributed by atoms with Crippen molar-refractivity contribution in [2.75, 3.05) is 0 Å². The average Bonchev–Trinajstić information content (AvgIpc) is 0.722. The minimum Gasteiger partial charge on any atom is -2.00 e. The fraction of sp³-hybridized carbons (Fsp3) is 0. The van der Waals surface area contributed by atoms with Crippen LogP contribution in [0.2, 0.25) is 0 Å². The molecule has 0 fully saturated rings. The Morgan fingerprint density at radius 2 is 0.643 bits per heavy atom. The van der Waals surface area contributed by atoms with Crippen LogP contribution in [-0.4, -0.2) is 83.8 Å². The van der Waals surface area contributed by atoms with Gasteiger partial charge in [-0.1, -0.05) is 0 Å². The molecule has 68 valence electrons. The van der Waals surface area contributed by atoms with Crippen LogP contribution < -0.4 is 18.5 Å². The van der Waals surface area contributed by atoms with E-state index in [4.69, 9.17) is 19.2 Å². The van der Waals surface area contributed by atoms with Crippen LogP contribution in [0.15, 0.2) is 0 Å². The molecule has 0 bridgehead atoms. The van der Waals surface area contributed by atoms with Crippen molar-refractivity contribution in [3.63, 3.8) is 0 Å². The van der Waals surface area contributed by atoms with Crippen LogP contribution >= 0.6 is 7.82 Å². The average molecular weight is 261 g/mol. The standard InChI is InChI=1S/3Mg.3N.H3O4P.3O/c;;;;;;1-5(2,3)4;;;/h;;;;;;(H3,1,2,3,4);;;/q3*+2;3*+1;;3*-2. The molecule has 0 aromatic rings. The van der Waals surface area contributed by atoms with Gasteiger partial charge in [0.15, 0.2) is 0 Å². The third-order valence-corrected chi connectivity index (χ3v) is 0. The number of phosphoric acid groups is 1. The molecule has 3 N–H and O–H groups in total. The number of hydrogen-bond donors (Lipinski definition) is 3. The summed E-state index contributed by atoms with van der Waals surface area (Å²) in [6, 6.07) is 0. The second-order valence-corrected chi connectivity index (χ2v) is 1.54. The van der Waals surface area contributed by atoms with Gasteiger partial charge >= 0.3 is 95.4 Å². The Labute approximate surface area is 130 Å². The van der Waals surface area contributed by atoms with Crippen LogP contribution in [0.1, 0.15) is 0 Å². The van der Waals surface area contributed by atoms with Gasteiger partial charge in [0, 0.05) is 0 Å². The van der Waals surface area contributed by atoms with E-state index in [0.29, 0.717) is 0 Å². The van der Waals surface area contributed by atoms with Crippen LogP contribution in [-0.2, 0) is 21.0 Å². The van der Waals surface area contributed by atoms with E-state index in [1.807, 2.05) is 0 Å². The zero-order valence-corrected chi connectivity index (χ0v) is 12.0. The van der Waals surface area contributed by atoms with Crippen molar-refractivity contribution in [3.05, 3.63) is 0 Å². The van der Waals surface area contributed by atoms with Crippen LogP contribution in [0.5, 0.6) is 0 Å². The Kier molecular flexibility index (Phi) is 319. The maximum absolute atomic E-state index is 8.88. The van der Waals surface area contributed by atoms with Crippen LogP contribution in [0.25, 0.3) is 0 Å². The summed E-state index contributed by atoms with van der Waals surface area (Å²) < 4.78 is 8.88. The largest absolute Gasteiger partial charge is 2.00 e. The molecule has 14 heteroatoms. The number of hydrogen-bond acceptors (Lipinski definition) is 1. The Bertz CT molecular complexity index is 70.3. The first-order valence-electron chi connectivity index (χ1n) is 0.783. The van der Waals surface area contributed by atoms with Gasteiger partial charge in [0.05, 0.1) is 0 Å². The Morgan fingerprint density at radius 3 is 0.643 bits per heavy atom. The van der Waals surface area contributed by atoms with Gasteiger partial charge in [-0.25, -0.2) is 4.57 Å². The van der Waals surface area contributed by atoms with Crippen molar-refractivity contribution in [3.8, 4) is 0 Å². The van der Waals surface area contributed by atoms with Crippen LogP contribution in [0.4, 0.5) is 0 Å². The molecule has 12 radical (unpaired) electrons. The summed E-state index contributed by atoms with van der Waals surface area (Å²) in [5.41, 5.74) is 0. The molecule has 0 amide bonds. The zero-order valence-electron chi connectivity index (χ0n) is 6.88. The van der Waals surface area contributed by atoms with Gasteiger partial charge in [-0.2, -0.15) is 0 Å². The summed E-state index contributed by atoms with van der Waals surface area (Å²) in [4.78, 5) is 21.6. The minimum absolute atomic E-state index is 0. The van der Waals surface area contributed by atoms with Gasteiger partial charge in [0.2, 0.25) is 0 Å². The first-order valence-corrected chi connectivity index (χ1v) is 2.35. The Hall–Kier alpha value is 2.17. The smallest absolute Gasteiger partial charge is 2.00 e. The quantitative estimate of drug-likeness (QED) is 0.291. The summed E-state index contributed by atoms with van der Waals surface area (Å²) >= 11 is 0. The molecule has 0 saturated heterocycles. The molecule has 0 aliphatic carbocycles. The Balaban J connectivity index is -0.00000000222. The summed E-state index contributed by atoms with van der Waals surface area (Å²) in [6.07, 6.45) is 0. The number of nitrogens with zero attached hydrogens (tertiary/aromatic N) is 3. The minimum atomic E-state index is -4.64. The van der Waals surface area contributed by atoms with E-state index in [0.717, 1.165) is 0 Å². The normalized spacial score (nSPS) is 4.21. The van der Waals surface area contributed by atoms with E-state index in [-0.39, 0.29) is 104 Å². The molecule has 0 spiro atoms. The molecule has 0 aromatic heterocycles. The Morgan fingerprint density at radius 1 is 0.643 bits per heavy atom. The summed E-state index contributed by atoms with van der Waals surface area (Å²) in [5, 5.41) is 0. The maximum Gasteiger partial charge on any atom is 2.00 e. The van der Waals surface area contributed by atoms with E-state index >= 15 is 0 Å². The second-order valence-electron chi connectivity index (χ2n) is 0.513. The number of rotatable bonds is 0. The van der Waals surface area contributed by atoms with Gasteiger partial charge < -0.3 is 31.1 Å². The first kappa shape index (κ1) is 97.8. The predicted octanol–water partition coefficient (Wildman–Crippen LogP) is -3.87. The van der Waals surface area contributed by atoms with Gasteiger partial charge in [0.25, 0.3) is 0 Å². The molecule has 0 unspecified atom stereocenters. The maximum atomic E-state index is 8.88. The zero-order chi connectivity index (χ0) is 4.50. The third kappa shape index (κ3) is 522. The van der Waals surface area contributed by atoms with E-state index < -0.39 is 7.82 Å². The molecular formula is H3Mg3N3O7P+3. The summed E-state index contributed by atoms with van der Waals surface area (Å²) in [5.74, 6) is 0. The van der Waals surface area contributed by atoms with Gasteiger partial charge in [-0.05, 0) is 0 Å². The van der Waals surface area contributed by atoms with Crippen LogP contribution in [0, 0.1) is 0 Å². The van der Waals surface area contributed by atoms with Crippen molar-refractivity contribution >= 4 is 77.0 Å².